The molecule has 0 spiro atoms. The van der Waals surface area contributed by atoms with E-state index in [1.165, 1.54) is 0 Å². The fourth-order valence-electron chi connectivity index (χ4n) is 3.74. The maximum absolute atomic E-state index is 6.05. The summed E-state index contributed by atoms with van der Waals surface area (Å²) in [4.78, 5) is 13.9. The van der Waals surface area contributed by atoms with Gasteiger partial charge in [-0.3, -0.25) is 4.40 Å². The summed E-state index contributed by atoms with van der Waals surface area (Å²) in [6.07, 6.45) is 3.70. The van der Waals surface area contributed by atoms with E-state index in [4.69, 9.17) is 15.5 Å². The Kier molecular flexibility index (Phi) is 5.21. The molecule has 0 fully saturated rings. The standard InChI is InChI=1S/C27H21N5O/c1-18-14-16-32-24(17-18)31-25(21-9-6-15-29-27(21)33-2)26(32)20-11-13-23(28)30-22(20)12-10-19-7-4-3-5-8-19/h3-9,11,13-17H,1-2H3,(H2,28,30). The number of aryl methyl sites for hydroxylation is 1. The van der Waals surface area contributed by atoms with Gasteiger partial charge in [0, 0.05) is 23.5 Å². The molecule has 0 radical (unpaired) electrons. The number of hydrogen-bond donors (Lipinski definition) is 1. The Hall–Kier alpha value is -4.63. The van der Waals surface area contributed by atoms with Crippen molar-refractivity contribution in [3.8, 4) is 40.2 Å². The van der Waals surface area contributed by atoms with Crippen LogP contribution >= 0.6 is 0 Å². The van der Waals surface area contributed by atoms with Crippen LogP contribution in [0.5, 0.6) is 5.88 Å². The quantitative estimate of drug-likeness (QED) is 0.417. The highest BCUT2D eigenvalue weighted by Crippen LogP contribution is 2.37. The highest BCUT2D eigenvalue weighted by Gasteiger charge is 2.22. The van der Waals surface area contributed by atoms with Crippen LogP contribution in [0, 0.1) is 18.8 Å². The van der Waals surface area contributed by atoms with E-state index in [0.717, 1.165) is 39.3 Å². The number of methoxy groups -OCH3 is 1. The summed E-state index contributed by atoms with van der Waals surface area (Å²) < 4.78 is 7.58. The molecular formula is C27H21N5O. The van der Waals surface area contributed by atoms with Crippen molar-refractivity contribution in [1.29, 1.82) is 0 Å². The second-order valence-corrected chi connectivity index (χ2v) is 7.55. The summed E-state index contributed by atoms with van der Waals surface area (Å²) in [5, 5.41) is 0. The van der Waals surface area contributed by atoms with Gasteiger partial charge in [-0.05, 0) is 66.9 Å². The minimum Gasteiger partial charge on any atom is -0.481 e. The van der Waals surface area contributed by atoms with Gasteiger partial charge in [-0.25, -0.2) is 15.0 Å². The van der Waals surface area contributed by atoms with Crippen LogP contribution in [-0.4, -0.2) is 26.5 Å². The number of ether oxygens (including phenoxy) is 1. The largest absolute Gasteiger partial charge is 0.481 e. The number of imidazole rings is 1. The van der Waals surface area contributed by atoms with E-state index in [1.807, 2.05) is 78.2 Å². The number of nitrogens with zero attached hydrogens (tertiary/aromatic N) is 4. The SMILES string of the molecule is COc1ncccc1-c1nc2cc(C)ccn2c1-c1ccc(N)nc1C#Cc1ccccc1. The molecule has 5 aromatic rings. The molecule has 4 heterocycles. The van der Waals surface area contributed by atoms with Crippen molar-refractivity contribution in [1.82, 2.24) is 19.4 Å². The van der Waals surface area contributed by atoms with Crippen LogP contribution in [0.25, 0.3) is 28.2 Å². The Morgan fingerprint density at radius 3 is 2.58 bits per heavy atom. The molecule has 33 heavy (non-hydrogen) atoms. The Balaban J connectivity index is 1.80. The predicted octanol–water partition coefficient (Wildman–Crippen LogP) is 4.76. The van der Waals surface area contributed by atoms with E-state index in [1.54, 1.807) is 19.4 Å². The van der Waals surface area contributed by atoms with Gasteiger partial charge in [-0.15, -0.1) is 0 Å². The molecule has 0 atom stereocenters. The summed E-state index contributed by atoms with van der Waals surface area (Å²) in [5.41, 5.74) is 12.6. The van der Waals surface area contributed by atoms with E-state index in [9.17, 15) is 0 Å². The first kappa shape index (κ1) is 20.3. The van der Waals surface area contributed by atoms with Crippen molar-refractivity contribution in [2.75, 3.05) is 12.8 Å². The molecule has 0 unspecified atom stereocenters. The Morgan fingerprint density at radius 1 is 0.909 bits per heavy atom. The molecule has 0 saturated carbocycles. The Labute approximate surface area is 191 Å². The second-order valence-electron chi connectivity index (χ2n) is 7.55. The molecule has 0 saturated heterocycles. The van der Waals surface area contributed by atoms with Crippen molar-refractivity contribution >= 4 is 11.5 Å². The highest BCUT2D eigenvalue weighted by molar-refractivity contribution is 5.86. The van der Waals surface area contributed by atoms with Gasteiger partial charge in [-0.2, -0.15) is 0 Å². The molecular weight excluding hydrogens is 410 g/mol. The molecule has 5 rings (SSSR count). The Morgan fingerprint density at radius 2 is 1.76 bits per heavy atom. The Bertz CT molecular complexity index is 1530. The van der Waals surface area contributed by atoms with Crippen molar-refractivity contribution in [3.63, 3.8) is 0 Å². The third-order valence-electron chi connectivity index (χ3n) is 5.27. The van der Waals surface area contributed by atoms with E-state index < -0.39 is 0 Å². The summed E-state index contributed by atoms with van der Waals surface area (Å²) in [6.45, 7) is 2.04. The number of hydrogen-bond acceptors (Lipinski definition) is 5. The number of nitrogens with two attached hydrogens (primary N) is 1. The minimum atomic E-state index is 0.404. The number of pyridine rings is 3. The van der Waals surface area contributed by atoms with Gasteiger partial charge >= 0.3 is 0 Å². The number of nitrogen functional groups attached to an aromatic ring is 1. The summed E-state index contributed by atoms with van der Waals surface area (Å²) in [6, 6.07) is 21.4. The lowest BCUT2D eigenvalue weighted by atomic mass is 10.0. The molecule has 2 N–H and O–H groups in total. The number of benzene rings is 1. The van der Waals surface area contributed by atoms with Crippen LogP contribution in [0.15, 0.2) is 79.1 Å². The number of anilines is 1. The fourth-order valence-corrected chi connectivity index (χ4v) is 3.74. The molecule has 160 valence electrons. The summed E-state index contributed by atoms with van der Waals surface area (Å²) in [7, 11) is 1.60. The first-order chi connectivity index (χ1) is 16.1. The number of fused-ring (bicyclic) bond motifs is 1. The third-order valence-corrected chi connectivity index (χ3v) is 5.27. The summed E-state index contributed by atoms with van der Waals surface area (Å²) in [5.74, 6) is 7.31. The van der Waals surface area contributed by atoms with Gasteiger partial charge in [0.2, 0.25) is 5.88 Å². The van der Waals surface area contributed by atoms with Crippen molar-refractivity contribution in [3.05, 3.63) is 95.9 Å². The zero-order chi connectivity index (χ0) is 22.8. The van der Waals surface area contributed by atoms with Gasteiger partial charge in [-0.1, -0.05) is 24.1 Å². The summed E-state index contributed by atoms with van der Waals surface area (Å²) >= 11 is 0. The normalized spacial score (nSPS) is 10.6. The maximum Gasteiger partial charge on any atom is 0.222 e. The van der Waals surface area contributed by atoms with Crippen molar-refractivity contribution < 1.29 is 4.74 Å². The van der Waals surface area contributed by atoms with Crippen LogP contribution < -0.4 is 10.5 Å². The first-order valence-corrected chi connectivity index (χ1v) is 10.5. The van der Waals surface area contributed by atoms with Gasteiger partial charge in [0.15, 0.2) is 0 Å². The van der Waals surface area contributed by atoms with E-state index >= 15 is 0 Å². The molecule has 0 amide bonds. The molecule has 1 aromatic carbocycles. The third kappa shape index (κ3) is 3.88. The van der Waals surface area contributed by atoms with Crippen LogP contribution in [0.1, 0.15) is 16.8 Å². The predicted molar refractivity (Wildman–Crippen MR) is 130 cm³/mol. The van der Waals surface area contributed by atoms with Crippen LogP contribution in [0.2, 0.25) is 0 Å². The van der Waals surface area contributed by atoms with Gasteiger partial charge < -0.3 is 10.5 Å². The van der Waals surface area contributed by atoms with E-state index in [0.29, 0.717) is 17.4 Å². The monoisotopic (exact) mass is 431 g/mol. The van der Waals surface area contributed by atoms with E-state index in [2.05, 4.69) is 21.8 Å². The van der Waals surface area contributed by atoms with Crippen LogP contribution in [0.3, 0.4) is 0 Å². The molecule has 4 aromatic heterocycles. The molecule has 0 bridgehead atoms. The maximum atomic E-state index is 6.05. The molecule has 6 nitrogen and oxygen atoms in total. The number of rotatable bonds is 3. The molecule has 6 heteroatoms. The van der Waals surface area contributed by atoms with Crippen LogP contribution in [0.4, 0.5) is 5.82 Å². The lowest BCUT2D eigenvalue weighted by Crippen LogP contribution is -1.99. The molecule has 0 aliphatic heterocycles. The van der Waals surface area contributed by atoms with Crippen molar-refractivity contribution in [2.24, 2.45) is 0 Å². The zero-order valence-corrected chi connectivity index (χ0v) is 18.3. The highest BCUT2D eigenvalue weighted by atomic mass is 16.5. The lowest BCUT2D eigenvalue weighted by Gasteiger charge is -2.10. The fraction of sp³-hybridized carbons (Fsp3) is 0.0741. The van der Waals surface area contributed by atoms with Gasteiger partial charge in [0.05, 0.1) is 18.4 Å². The van der Waals surface area contributed by atoms with E-state index in [-0.39, 0.29) is 0 Å². The zero-order valence-electron chi connectivity index (χ0n) is 18.3. The van der Waals surface area contributed by atoms with Gasteiger partial charge in [0.25, 0.3) is 0 Å². The average Bonchev–Trinajstić information content (AvgIpc) is 3.21. The average molecular weight is 431 g/mol. The lowest BCUT2D eigenvalue weighted by molar-refractivity contribution is 0.399. The van der Waals surface area contributed by atoms with Crippen molar-refractivity contribution in [2.45, 2.75) is 6.92 Å². The first-order valence-electron chi connectivity index (χ1n) is 10.5. The molecule has 0 aliphatic rings. The second kappa shape index (κ2) is 8.48. The topological polar surface area (TPSA) is 78.3 Å². The minimum absolute atomic E-state index is 0.404. The smallest absolute Gasteiger partial charge is 0.222 e. The molecule has 0 aliphatic carbocycles. The number of aromatic nitrogens is 4. The van der Waals surface area contributed by atoms with Gasteiger partial charge in [0.1, 0.15) is 22.9 Å². The van der Waals surface area contributed by atoms with Crippen LogP contribution in [-0.2, 0) is 0 Å².